The fraction of sp³-hybridized carbons (Fsp3) is 0. The fourth-order valence-corrected chi connectivity index (χ4v) is 2.79. The van der Waals surface area contributed by atoms with Gasteiger partial charge in [-0.15, -0.1) is 0 Å². The van der Waals surface area contributed by atoms with Crippen LogP contribution in [-0.4, -0.2) is 17.0 Å². The monoisotopic (exact) mass is 343 g/mol. The van der Waals surface area contributed by atoms with Gasteiger partial charge in [-0.3, -0.25) is 9.69 Å². The minimum atomic E-state index is -1.06. The van der Waals surface area contributed by atoms with Gasteiger partial charge >= 0.3 is 5.97 Å². The zero-order valence-electron chi connectivity index (χ0n) is 10.8. The van der Waals surface area contributed by atoms with Crippen LogP contribution in [0, 0.1) is 0 Å². The molecule has 0 bridgehead atoms. The molecule has 0 saturated carbocycles. The SMILES string of the molecule is C=C1c2ccccc2C(=O)N1c1ccc(Br)c(C(=O)O)c1. The molecule has 3 rings (SSSR count). The number of carboxylic acids is 1. The van der Waals surface area contributed by atoms with Gasteiger partial charge in [-0.1, -0.05) is 24.8 Å². The molecule has 5 heteroatoms. The van der Waals surface area contributed by atoms with Crippen molar-refractivity contribution in [2.75, 3.05) is 4.90 Å². The van der Waals surface area contributed by atoms with Crippen molar-refractivity contribution in [2.24, 2.45) is 0 Å². The van der Waals surface area contributed by atoms with Gasteiger partial charge in [0.15, 0.2) is 0 Å². The van der Waals surface area contributed by atoms with Crippen molar-refractivity contribution in [3.05, 3.63) is 70.2 Å². The first-order valence-corrected chi connectivity index (χ1v) is 6.95. The number of carboxylic acid groups (broad SMARTS) is 1. The molecule has 4 nitrogen and oxygen atoms in total. The van der Waals surface area contributed by atoms with Crippen LogP contribution in [0.25, 0.3) is 5.70 Å². The summed E-state index contributed by atoms with van der Waals surface area (Å²) in [5, 5.41) is 9.18. The minimum Gasteiger partial charge on any atom is -0.478 e. The number of halogens is 1. The summed E-state index contributed by atoms with van der Waals surface area (Å²) in [6.07, 6.45) is 0. The maximum Gasteiger partial charge on any atom is 0.336 e. The Morgan fingerprint density at radius 1 is 1.14 bits per heavy atom. The number of amides is 1. The van der Waals surface area contributed by atoms with Crippen LogP contribution in [0.1, 0.15) is 26.3 Å². The largest absolute Gasteiger partial charge is 0.478 e. The molecule has 0 spiro atoms. The smallest absolute Gasteiger partial charge is 0.336 e. The van der Waals surface area contributed by atoms with E-state index in [0.717, 1.165) is 5.56 Å². The van der Waals surface area contributed by atoms with Gasteiger partial charge in [0, 0.05) is 15.6 Å². The highest BCUT2D eigenvalue weighted by Crippen LogP contribution is 2.36. The second kappa shape index (κ2) is 4.86. The molecule has 0 unspecified atom stereocenters. The summed E-state index contributed by atoms with van der Waals surface area (Å²) < 4.78 is 0.466. The molecule has 1 aliphatic heterocycles. The first-order valence-electron chi connectivity index (χ1n) is 6.16. The van der Waals surface area contributed by atoms with E-state index in [1.165, 1.54) is 11.0 Å². The maximum atomic E-state index is 12.5. The predicted molar refractivity (Wildman–Crippen MR) is 83.4 cm³/mol. The van der Waals surface area contributed by atoms with Crippen LogP contribution in [0.2, 0.25) is 0 Å². The Labute approximate surface area is 129 Å². The average Bonchev–Trinajstić information content (AvgIpc) is 2.72. The van der Waals surface area contributed by atoms with E-state index in [-0.39, 0.29) is 11.5 Å². The van der Waals surface area contributed by atoms with Crippen molar-refractivity contribution in [1.29, 1.82) is 0 Å². The first-order chi connectivity index (χ1) is 10.0. The summed E-state index contributed by atoms with van der Waals surface area (Å²) >= 11 is 3.19. The number of hydrogen-bond donors (Lipinski definition) is 1. The highest BCUT2D eigenvalue weighted by Gasteiger charge is 2.32. The van der Waals surface area contributed by atoms with E-state index < -0.39 is 5.97 Å². The third-order valence-corrected chi connectivity index (χ3v) is 4.07. The first kappa shape index (κ1) is 13.6. The van der Waals surface area contributed by atoms with Crippen molar-refractivity contribution in [1.82, 2.24) is 0 Å². The van der Waals surface area contributed by atoms with Crippen molar-refractivity contribution < 1.29 is 14.7 Å². The van der Waals surface area contributed by atoms with E-state index in [4.69, 9.17) is 0 Å². The molecule has 1 heterocycles. The van der Waals surface area contributed by atoms with Crippen LogP contribution in [0.5, 0.6) is 0 Å². The molecule has 2 aromatic carbocycles. The summed E-state index contributed by atoms with van der Waals surface area (Å²) in [7, 11) is 0. The van der Waals surface area contributed by atoms with Crippen molar-refractivity contribution >= 4 is 39.2 Å². The molecule has 1 aliphatic rings. The zero-order chi connectivity index (χ0) is 15.1. The Kier molecular flexibility index (Phi) is 3.14. The van der Waals surface area contributed by atoms with Gasteiger partial charge < -0.3 is 5.11 Å². The lowest BCUT2D eigenvalue weighted by molar-refractivity contribution is 0.0695. The predicted octanol–water partition coefficient (Wildman–Crippen LogP) is 3.78. The summed E-state index contributed by atoms with van der Waals surface area (Å²) in [6, 6.07) is 11.9. The Hall–Kier alpha value is -2.40. The van der Waals surface area contributed by atoms with E-state index in [2.05, 4.69) is 22.5 Å². The molecule has 0 atom stereocenters. The molecule has 104 valence electrons. The standard InChI is InChI=1S/C16H10BrNO3/c1-9-11-4-2-3-5-12(11)15(19)18(9)10-6-7-14(17)13(8-10)16(20)21/h2-8H,1H2,(H,20,21). The number of fused-ring (bicyclic) bond motifs is 1. The quantitative estimate of drug-likeness (QED) is 0.902. The number of anilines is 1. The molecule has 2 aromatic rings. The van der Waals surface area contributed by atoms with Crippen LogP contribution < -0.4 is 4.90 Å². The van der Waals surface area contributed by atoms with Crippen LogP contribution in [-0.2, 0) is 0 Å². The topological polar surface area (TPSA) is 57.6 Å². The second-order valence-electron chi connectivity index (χ2n) is 4.60. The van der Waals surface area contributed by atoms with Crippen molar-refractivity contribution in [2.45, 2.75) is 0 Å². The second-order valence-corrected chi connectivity index (χ2v) is 5.46. The van der Waals surface area contributed by atoms with Crippen molar-refractivity contribution in [3.8, 4) is 0 Å². The summed E-state index contributed by atoms with van der Waals surface area (Å²) in [4.78, 5) is 25.1. The highest BCUT2D eigenvalue weighted by molar-refractivity contribution is 9.10. The molecule has 0 radical (unpaired) electrons. The van der Waals surface area contributed by atoms with Crippen LogP contribution >= 0.6 is 15.9 Å². The maximum absolute atomic E-state index is 12.5. The van der Waals surface area contributed by atoms with Crippen LogP contribution in [0.3, 0.4) is 0 Å². The van der Waals surface area contributed by atoms with E-state index in [1.807, 2.05) is 12.1 Å². The van der Waals surface area contributed by atoms with E-state index >= 15 is 0 Å². The molecule has 0 saturated heterocycles. The number of carbonyl (C=O) groups excluding carboxylic acids is 1. The van der Waals surface area contributed by atoms with Gasteiger partial charge in [-0.05, 0) is 40.2 Å². The summed E-state index contributed by atoms with van der Waals surface area (Å²) in [5.74, 6) is -1.26. The molecule has 0 aromatic heterocycles. The summed E-state index contributed by atoms with van der Waals surface area (Å²) in [5.41, 5.74) is 2.48. The lowest BCUT2D eigenvalue weighted by Gasteiger charge is -2.18. The lowest BCUT2D eigenvalue weighted by Crippen LogP contribution is -2.22. The van der Waals surface area contributed by atoms with Gasteiger partial charge in [0.05, 0.1) is 16.9 Å². The molecule has 0 aliphatic carbocycles. The Balaban J connectivity index is 2.11. The average molecular weight is 344 g/mol. The zero-order valence-corrected chi connectivity index (χ0v) is 12.4. The van der Waals surface area contributed by atoms with E-state index in [1.54, 1.807) is 24.3 Å². The van der Waals surface area contributed by atoms with Gasteiger partial charge in [0.1, 0.15) is 0 Å². The van der Waals surface area contributed by atoms with E-state index in [9.17, 15) is 14.7 Å². The number of nitrogens with zero attached hydrogens (tertiary/aromatic N) is 1. The molecule has 1 amide bonds. The minimum absolute atomic E-state index is 0.101. The molecular formula is C16H10BrNO3. The van der Waals surface area contributed by atoms with Crippen LogP contribution in [0.4, 0.5) is 5.69 Å². The van der Waals surface area contributed by atoms with Gasteiger partial charge in [0.25, 0.3) is 5.91 Å². The molecule has 21 heavy (non-hydrogen) atoms. The Morgan fingerprint density at radius 3 is 2.43 bits per heavy atom. The summed E-state index contributed by atoms with van der Waals surface area (Å²) in [6.45, 7) is 3.95. The third-order valence-electron chi connectivity index (χ3n) is 3.38. The number of aromatic carboxylic acids is 1. The van der Waals surface area contributed by atoms with E-state index in [0.29, 0.717) is 21.4 Å². The normalized spacial score (nSPS) is 13.5. The number of rotatable bonds is 2. The van der Waals surface area contributed by atoms with Crippen molar-refractivity contribution in [3.63, 3.8) is 0 Å². The van der Waals surface area contributed by atoms with Gasteiger partial charge in [0.2, 0.25) is 0 Å². The highest BCUT2D eigenvalue weighted by atomic mass is 79.9. The van der Waals surface area contributed by atoms with Gasteiger partial charge in [-0.25, -0.2) is 4.79 Å². The fourth-order valence-electron chi connectivity index (χ4n) is 2.37. The molecule has 0 fully saturated rings. The lowest BCUT2D eigenvalue weighted by atomic mass is 10.1. The van der Waals surface area contributed by atoms with Gasteiger partial charge in [-0.2, -0.15) is 0 Å². The number of hydrogen-bond acceptors (Lipinski definition) is 2. The molecular weight excluding hydrogens is 334 g/mol. The Morgan fingerprint density at radius 2 is 1.81 bits per heavy atom. The number of carbonyl (C=O) groups is 2. The Bertz CT molecular complexity index is 763. The number of benzene rings is 2. The third kappa shape index (κ3) is 2.06. The molecule has 1 N–H and O–H groups in total. The van der Waals surface area contributed by atoms with Crippen LogP contribution in [0.15, 0.2) is 53.5 Å².